The Morgan fingerprint density at radius 2 is 2.21 bits per heavy atom. The smallest absolute Gasteiger partial charge is 0.259 e. The van der Waals surface area contributed by atoms with E-state index >= 15 is 0 Å². The molecule has 0 spiro atoms. The number of carbonyl (C=O) groups excluding carboxylic acids is 2. The predicted molar refractivity (Wildman–Crippen MR) is 48.5 cm³/mol. The summed E-state index contributed by atoms with van der Waals surface area (Å²) in [6.45, 7) is 0. The van der Waals surface area contributed by atoms with Gasteiger partial charge in [-0.1, -0.05) is 0 Å². The maximum atomic E-state index is 13.2. The second-order valence-corrected chi connectivity index (χ2v) is 2.81. The van der Waals surface area contributed by atoms with Crippen molar-refractivity contribution < 1.29 is 18.7 Å². The molecule has 0 amide bonds. The maximum absolute atomic E-state index is 13.2. The van der Waals surface area contributed by atoms with Gasteiger partial charge in [0.15, 0.2) is 0 Å². The van der Waals surface area contributed by atoms with Crippen LogP contribution in [0, 0.1) is 5.82 Å². The maximum Gasteiger partial charge on any atom is 0.259 e. The van der Waals surface area contributed by atoms with Crippen molar-refractivity contribution in [2.24, 2.45) is 0 Å². The van der Waals surface area contributed by atoms with Crippen LogP contribution in [0.3, 0.4) is 0 Å². The van der Waals surface area contributed by atoms with Crippen LogP contribution >= 0.6 is 11.6 Å². The lowest BCUT2D eigenvalue weighted by molar-refractivity contribution is 0.107. The van der Waals surface area contributed by atoms with Crippen molar-refractivity contribution in [2.45, 2.75) is 0 Å². The van der Waals surface area contributed by atoms with E-state index in [9.17, 15) is 14.0 Å². The molecule has 1 aromatic rings. The standard InChI is InChI=1S/C9H6ClFO3/c1-14-7-3-5(4-12)2-6(11)8(7)9(10)13/h2-4H,1H3. The predicted octanol–water partition coefficient (Wildman–Crippen LogP) is 2.03. The van der Waals surface area contributed by atoms with E-state index in [-0.39, 0.29) is 16.9 Å². The molecule has 0 atom stereocenters. The second-order valence-electron chi connectivity index (χ2n) is 2.47. The molecule has 0 fully saturated rings. The van der Waals surface area contributed by atoms with E-state index in [0.717, 1.165) is 6.07 Å². The van der Waals surface area contributed by atoms with Gasteiger partial charge in [0.25, 0.3) is 5.24 Å². The van der Waals surface area contributed by atoms with Crippen molar-refractivity contribution in [3.05, 3.63) is 29.1 Å². The fraction of sp³-hybridized carbons (Fsp3) is 0.111. The van der Waals surface area contributed by atoms with Crippen LogP contribution in [0.15, 0.2) is 12.1 Å². The van der Waals surface area contributed by atoms with E-state index in [1.54, 1.807) is 0 Å². The third-order valence-corrected chi connectivity index (χ3v) is 1.82. The highest BCUT2D eigenvalue weighted by molar-refractivity contribution is 6.68. The second kappa shape index (κ2) is 4.19. The summed E-state index contributed by atoms with van der Waals surface area (Å²) >= 11 is 5.14. The average molecular weight is 217 g/mol. The summed E-state index contributed by atoms with van der Waals surface area (Å²) in [5.41, 5.74) is -0.277. The van der Waals surface area contributed by atoms with Gasteiger partial charge in [0, 0.05) is 5.56 Å². The van der Waals surface area contributed by atoms with Crippen molar-refractivity contribution in [3.63, 3.8) is 0 Å². The summed E-state index contributed by atoms with van der Waals surface area (Å²) in [5, 5.41) is -0.961. The lowest BCUT2D eigenvalue weighted by Crippen LogP contribution is -2.01. The van der Waals surface area contributed by atoms with Crippen LogP contribution in [0.4, 0.5) is 4.39 Å². The SMILES string of the molecule is COc1cc(C=O)cc(F)c1C(=O)Cl. The third kappa shape index (κ3) is 1.90. The molecule has 0 radical (unpaired) electrons. The van der Waals surface area contributed by atoms with E-state index in [0.29, 0.717) is 6.29 Å². The first-order valence-electron chi connectivity index (χ1n) is 3.62. The number of aldehydes is 1. The van der Waals surface area contributed by atoms with E-state index in [1.807, 2.05) is 0 Å². The van der Waals surface area contributed by atoms with Gasteiger partial charge in [-0.3, -0.25) is 9.59 Å². The van der Waals surface area contributed by atoms with Crippen LogP contribution in [0.2, 0.25) is 0 Å². The number of ether oxygens (including phenoxy) is 1. The van der Waals surface area contributed by atoms with Gasteiger partial charge < -0.3 is 4.74 Å². The van der Waals surface area contributed by atoms with Crippen LogP contribution in [0.5, 0.6) is 5.75 Å². The topological polar surface area (TPSA) is 43.4 Å². The number of carbonyl (C=O) groups is 2. The molecule has 1 rings (SSSR count). The number of benzene rings is 1. The van der Waals surface area contributed by atoms with Gasteiger partial charge in [-0.25, -0.2) is 4.39 Å². The quantitative estimate of drug-likeness (QED) is 0.574. The van der Waals surface area contributed by atoms with Gasteiger partial charge in [0.1, 0.15) is 23.4 Å². The molecule has 0 unspecified atom stereocenters. The lowest BCUT2D eigenvalue weighted by atomic mass is 10.1. The summed E-state index contributed by atoms with van der Waals surface area (Å²) in [6, 6.07) is 2.16. The molecule has 0 N–H and O–H groups in total. The van der Waals surface area contributed by atoms with Crippen LogP contribution in [-0.4, -0.2) is 18.6 Å². The minimum atomic E-state index is -0.961. The van der Waals surface area contributed by atoms with Crippen molar-refractivity contribution in [1.82, 2.24) is 0 Å². The zero-order valence-corrected chi connectivity index (χ0v) is 7.97. The summed E-state index contributed by atoms with van der Waals surface area (Å²) in [4.78, 5) is 21.2. The minimum absolute atomic E-state index is 0.0490. The van der Waals surface area contributed by atoms with Crippen LogP contribution < -0.4 is 4.74 Å². The molecule has 0 aliphatic carbocycles. The number of halogens is 2. The molecule has 0 saturated heterocycles. The molecule has 14 heavy (non-hydrogen) atoms. The van der Waals surface area contributed by atoms with Gasteiger partial charge in [-0.05, 0) is 23.7 Å². The molecule has 5 heteroatoms. The number of methoxy groups -OCH3 is 1. The lowest BCUT2D eigenvalue weighted by Gasteiger charge is -2.06. The molecular weight excluding hydrogens is 211 g/mol. The van der Waals surface area contributed by atoms with Gasteiger partial charge in [0.05, 0.1) is 7.11 Å². The Kier molecular flexibility index (Phi) is 3.19. The number of hydrogen-bond acceptors (Lipinski definition) is 3. The fourth-order valence-electron chi connectivity index (χ4n) is 1.02. The third-order valence-electron chi connectivity index (χ3n) is 1.63. The molecular formula is C9H6ClFO3. The van der Waals surface area contributed by atoms with E-state index in [1.165, 1.54) is 13.2 Å². The first kappa shape index (κ1) is 10.7. The van der Waals surface area contributed by atoms with Crippen LogP contribution in [-0.2, 0) is 0 Å². The van der Waals surface area contributed by atoms with Crippen molar-refractivity contribution in [3.8, 4) is 5.75 Å². The Hall–Kier alpha value is -1.42. The molecule has 0 aliphatic rings. The molecule has 0 saturated carbocycles. The molecule has 0 aliphatic heterocycles. The molecule has 0 bridgehead atoms. The Morgan fingerprint density at radius 3 is 2.64 bits per heavy atom. The zero-order valence-electron chi connectivity index (χ0n) is 7.21. The van der Waals surface area contributed by atoms with Gasteiger partial charge >= 0.3 is 0 Å². The average Bonchev–Trinajstić information content (AvgIpc) is 2.15. The van der Waals surface area contributed by atoms with Crippen LogP contribution in [0.25, 0.3) is 0 Å². The Labute approximate surface area is 84.4 Å². The number of rotatable bonds is 3. The minimum Gasteiger partial charge on any atom is -0.496 e. The Morgan fingerprint density at radius 1 is 1.57 bits per heavy atom. The molecule has 0 heterocycles. The first-order chi connectivity index (χ1) is 6.60. The molecule has 74 valence electrons. The van der Waals surface area contributed by atoms with E-state index < -0.39 is 11.1 Å². The first-order valence-corrected chi connectivity index (χ1v) is 4.00. The highest BCUT2D eigenvalue weighted by Crippen LogP contribution is 2.24. The van der Waals surface area contributed by atoms with Crippen molar-refractivity contribution in [2.75, 3.05) is 7.11 Å². The number of hydrogen-bond donors (Lipinski definition) is 0. The summed E-state index contributed by atoms with van der Waals surface area (Å²) < 4.78 is 17.9. The highest BCUT2D eigenvalue weighted by Gasteiger charge is 2.17. The molecule has 1 aromatic carbocycles. The van der Waals surface area contributed by atoms with Gasteiger partial charge in [0.2, 0.25) is 0 Å². The van der Waals surface area contributed by atoms with E-state index in [4.69, 9.17) is 16.3 Å². The van der Waals surface area contributed by atoms with Crippen molar-refractivity contribution in [1.29, 1.82) is 0 Å². The van der Waals surface area contributed by atoms with Gasteiger partial charge in [-0.2, -0.15) is 0 Å². The fourth-order valence-corrected chi connectivity index (χ4v) is 1.20. The molecule has 3 nitrogen and oxygen atoms in total. The Balaban J connectivity index is 3.42. The summed E-state index contributed by atoms with van der Waals surface area (Å²) in [6.07, 6.45) is 0.452. The van der Waals surface area contributed by atoms with E-state index in [2.05, 4.69) is 0 Å². The van der Waals surface area contributed by atoms with Crippen LogP contribution in [0.1, 0.15) is 20.7 Å². The highest BCUT2D eigenvalue weighted by atomic mass is 35.5. The largest absolute Gasteiger partial charge is 0.496 e. The summed E-state index contributed by atoms with van der Waals surface area (Å²) in [5.74, 6) is -0.918. The Bertz CT molecular complexity index is 390. The normalized spacial score (nSPS) is 9.64. The monoisotopic (exact) mass is 216 g/mol. The van der Waals surface area contributed by atoms with Gasteiger partial charge in [-0.15, -0.1) is 0 Å². The summed E-state index contributed by atoms with van der Waals surface area (Å²) in [7, 11) is 1.26. The zero-order chi connectivity index (χ0) is 10.7. The van der Waals surface area contributed by atoms with Crippen molar-refractivity contribution >= 4 is 23.1 Å². The molecule has 0 aromatic heterocycles.